The third-order valence-electron chi connectivity index (χ3n) is 4.24. The molecule has 0 spiro atoms. The summed E-state index contributed by atoms with van der Waals surface area (Å²) < 4.78 is 36.7. The minimum absolute atomic E-state index is 0.166. The normalized spacial score (nSPS) is 13.3. The van der Waals surface area contributed by atoms with Crippen LogP contribution in [0.15, 0.2) is 36.4 Å². The van der Waals surface area contributed by atoms with Gasteiger partial charge in [0.15, 0.2) is 11.5 Å². The van der Waals surface area contributed by atoms with Crippen molar-refractivity contribution < 1.29 is 22.7 Å². The molecule has 0 saturated heterocycles. The van der Waals surface area contributed by atoms with Gasteiger partial charge in [-0.15, -0.1) is 0 Å². The van der Waals surface area contributed by atoms with E-state index in [1.165, 1.54) is 0 Å². The van der Waals surface area contributed by atoms with E-state index in [-0.39, 0.29) is 12.7 Å². The number of amides is 1. The van der Waals surface area contributed by atoms with Crippen LogP contribution in [0.1, 0.15) is 36.7 Å². The van der Waals surface area contributed by atoms with Gasteiger partial charge in [-0.05, 0) is 64.1 Å². The van der Waals surface area contributed by atoms with Crippen LogP contribution in [0, 0.1) is 6.92 Å². The predicted octanol–water partition coefficient (Wildman–Crippen LogP) is 3.52. The Hall–Kier alpha value is -2.74. The van der Waals surface area contributed by atoms with Crippen molar-refractivity contribution in [2.24, 2.45) is 0 Å². The number of ether oxygens (including phenoxy) is 2. The van der Waals surface area contributed by atoms with Gasteiger partial charge in [0.25, 0.3) is 5.91 Å². The highest BCUT2D eigenvalue weighted by atomic mass is 32.2. The maximum atomic E-state index is 12.5. The van der Waals surface area contributed by atoms with Crippen molar-refractivity contribution in [2.45, 2.75) is 32.4 Å². The lowest BCUT2D eigenvalue weighted by Gasteiger charge is -2.20. The lowest BCUT2D eigenvalue weighted by atomic mass is 10.1. The lowest BCUT2D eigenvalue weighted by molar-refractivity contribution is 0.102. The van der Waals surface area contributed by atoms with Crippen LogP contribution in [-0.4, -0.2) is 25.9 Å². The lowest BCUT2D eigenvalue weighted by Crippen LogP contribution is -2.33. The molecular weight excluding hydrogens is 368 g/mol. The summed E-state index contributed by atoms with van der Waals surface area (Å²) in [5.41, 5.74) is 2.22. The minimum Gasteiger partial charge on any atom is -0.454 e. The fourth-order valence-corrected chi connectivity index (χ4v) is 3.19. The Bertz CT molecular complexity index is 976. The summed E-state index contributed by atoms with van der Waals surface area (Å²) >= 11 is 0. The van der Waals surface area contributed by atoms with Crippen molar-refractivity contribution in [2.75, 3.05) is 16.8 Å². The van der Waals surface area contributed by atoms with Gasteiger partial charge in [-0.25, -0.2) is 8.42 Å². The van der Waals surface area contributed by atoms with Crippen molar-refractivity contribution >= 4 is 27.3 Å². The molecule has 1 aliphatic rings. The molecule has 1 aliphatic heterocycles. The van der Waals surface area contributed by atoms with Crippen LogP contribution in [0.5, 0.6) is 11.5 Å². The molecule has 0 radical (unpaired) electrons. The highest BCUT2D eigenvalue weighted by Crippen LogP contribution is 2.39. The summed E-state index contributed by atoms with van der Waals surface area (Å²) in [7, 11) is -3.52. The van der Waals surface area contributed by atoms with E-state index in [9.17, 15) is 13.2 Å². The van der Waals surface area contributed by atoms with Crippen molar-refractivity contribution in [1.29, 1.82) is 0 Å². The van der Waals surface area contributed by atoms with Crippen LogP contribution in [0.3, 0.4) is 0 Å². The summed E-state index contributed by atoms with van der Waals surface area (Å²) in [5.74, 6) is 0.975. The molecule has 0 bridgehead atoms. The molecule has 0 fully saturated rings. The minimum atomic E-state index is -3.52. The molecule has 27 heavy (non-hydrogen) atoms. The second-order valence-electron chi connectivity index (χ2n) is 7.22. The van der Waals surface area contributed by atoms with E-state index in [1.54, 1.807) is 57.2 Å². The number of anilines is 2. The second-order valence-corrected chi connectivity index (χ2v) is 9.66. The van der Waals surface area contributed by atoms with Crippen LogP contribution in [0.25, 0.3) is 0 Å². The first-order chi connectivity index (χ1) is 12.6. The molecule has 1 amide bonds. The maximum Gasteiger partial charge on any atom is 0.255 e. The fourth-order valence-electron chi connectivity index (χ4n) is 2.44. The molecule has 0 aromatic heterocycles. The maximum absolute atomic E-state index is 12.5. The van der Waals surface area contributed by atoms with E-state index < -0.39 is 14.8 Å². The van der Waals surface area contributed by atoms with E-state index in [4.69, 9.17) is 9.47 Å². The summed E-state index contributed by atoms with van der Waals surface area (Å²) in [6, 6.07) is 9.76. The van der Waals surface area contributed by atoms with Crippen LogP contribution in [-0.2, 0) is 10.0 Å². The summed E-state index contributed by atoms with van der Waals surface area (Å²) in [4.78, 5) is 12.5. The number of carbonyl (C=O) groups excluding carboxylic acids is 1. The van der Waals surface area contributed by atoms with E-state index in [0.29, 0.717) is 28.4 Å². The first-order valence-corrected chi connectivity index (χ1v) is 9.90. The summed E-state index contributed by atoms with van der Waals surface area (Å²) in [6.45, 7) is 6.85. The number of hydrogen-bond donors (Lipinski definition) is 2. The topological polar surface area (TPSA) is 93.7 Å². The van der Waals surface area contributed by atoms with Gasteiger partial charge in [-0.1, -0.05) is 0 Å². The van der Waals surface area contributed by atoms with Crippen LogP contribution >= 0.6 is 0 Å². The highest BCUT2D eigenvalue weighted by Gasteiger charge is 2.28. The first-order valence-electron chi connectivity index (χ1n) is 8.41. The van der Waals surface area contributed by atoms with Crippen molar-refractivity contribution in [3.63, 3.8) is 0 Å². The summed E-state index contributed by atoms with van der Waals surface area (Å²) in [5, 5.41) is 2.84. The predicted molar refractivity (Wildman–Crippen MR) is 104 cm³/mol. The second kappa shape index (κ2) is 6.77. The molecule has 0 saturated carbocycles. The average Bonchev–Trinajstić information content (AvgIpc) is 3.06. The smallest absolute Gasteiger partial charge is 0.255 e. The Labute approximate surface area is 158 Å². The average molecular weight is 390 g/mol. The molecule has 2 aromatic rings. The van der Waals surface area contributed by atoms with Crippen molar-refractivity contribution in [3.8, 4) is 11.5 Å². The van der Waals surface area contributed by atoms with Gasteiger partial charge >= 0.3 is 0 Å². The highest BCUT2D eigenvalue weighted by molar-refractivity contribution is 7.94. The molecule has 0 aliphatic carbocycles. The molecule has 0 atom stereocenters. The zero-order valence-electron chi connectivity index (χ0n) is 15.6. The molecule has 144 valence electrons. The number of hydrogen-bond acceptors (Lipinski definition) is 5. The Kier molecular flexibility index (Phi) is 4.77. The van der Waals surface area contributed by atoms with Gasteiger partial charge in [0.1, 0.15) is 0 Å². The van der Waals surface area contributed by atoms with Gasteiger partial charge in [-0.2, -0.15) is 0 Å². The van der Waals surface area contributed by atoms with Crippen LogP contribution in [0.2, 0.25) is 0 Å². The van der Waals surface area contributed by atoms with Gasteiger partial charge in [0.05, 0.1) is 4.75 Å². The van der Waals surface area contributed by atoms with Gasteiger partial charge < -0.3 is 14.8 Å². The number of benzene rings is 2. The molecule has 3 rings (SSSR count). The molecule has 2 N–H and O–H groups in total. The third-order valence-corrected chi connectivity index (χ3v) is 6.36. The Morgan fingerprint density at radius 3 is 2.33 bits per heavy atom. The molecule has 7 nitrogen and oxygen atoms in total. The van der Waals surface area contributed by atoms with Gasteiger partial charge in [-0.3, -0.25) is 9.52 Å². The molecule has 0 unspecified atom stereocenters. The fraction of sp³-hybridized carbons (Fsp3) is 0.316. The first kappa shape index (κ1) is 19.0. The van der Waals surface area contributed by atoms with E-state index >= 15 is 0 Å². The number of fused-ring (bicyclic) bond motifs is 1. The molecular formula is C19H22N2O5S. The third kappa shape index (κ3) is 3.85. The van der Waals surface area contributed by atoms with Crippen LogP contribution < -0.4 is 19.5 Å². The molecule has 2 aromatic carbocycles. The number of sulfonamides is 1. The SMILES string of the molecule is Cc1c(NC(=O)c2ccc(NS(=O)(=O)C(C)(C)C)cc2)ccc2c1OCO2. The van der Waals surface area contributed by atoms with E-state index in [2.05, 4.69) is 10.0 Å². The molecule has 1 heterocycles. The molecule has 8 heteroatoms. The van der Waals surface area contributed by atoms with E-state index in [1.807, 2.05) is 6.92 Å². The monoisotopic (exact) mass is 390 g/mol. The number of carbonyl (C=O) groups is 1. The van der Waals surface area contributed by atoms with Gasteiger partial charge in [0, 0.05) is 22.5 Å². The van der Waals surface area contributed by atoms with Crippen LogP contribution in [0.4, 0.5) is 11.4 Å². The Morgan fingerprint density at radius 2 is 1.70 bits per heavy atom. The van der Waals surface area contributed by atoms with Crippen molar-refractivity contribution in [1.82, 2.24) is 0 Å². The zero-order chi connectivity index (χ0) is 19.8. The van der Waals surface area contributed by atoms with E-state index in [0.717, 1.165) is 5.56 Å². The quantitative estimate of drug-likeness (QED) is 0.833. The zero-order valence-corrected chi connectivity index (χ0v) is 16.4. The Morgan fingerprint density at radius 1 is 1.04 bits per heavy atom. The number of rotatable bonds is 4. The summed E-state index contributed by atoms with van der Waals surface area (Å²) in [6.07, 6.45) is 0. The largest absolute Gasteiger partial charge is 0.454 e. The van der Waals surface area contributed by atoms with Crippen molar-refractivity contribution in [3.05, 3.63) is 47.5 Å². The standard InChI is InChI=1S/C19H22N2O5S/c1-12-15(9-10-16-17(12)26-11-25-16)20-18(22)13-5-7-14(8-6-13)21-27(23,24)19(2,3)4/h5-10,21H,11H2,1-4H3,(H,20,22). The van der Waals surface area contributed by atoms with Gasteiger partial charge in [0.2, 0.25) is 16.8 Å². The number of nitrogens with one attached hydrogen (secondary N) is 2. The Balaban J connectivity index is 1.74.